The van der Waals surface area contributed by atoms with Gasteiger partial charge in [0.15, 0.2) is 0 Å². The molecule has 94 valence electrons. The van der Waals surface area contributed by atoms with Crippen LogP contribution in [0, 0.1) is 0 Å². The Morgan fingerprint density at radius 1 is 0.938 bits per heavy atom. The predicted molar refractivity (Wildman–Crippen MR) is 73.4 cm³/mol. The summed E-state index contributed by atoms with van der Waals surface area (Å²) in [6.07, 6.45) is 18.7. The van der Waals surface area contributed by atoms with Crippen molar-refractivity contribution in [1.82, 2.24) is 0 Å². The Kier molecular flexibility index (Phi) is 8.47. The van der Waals surface area contributed by atoms with Crippen LogP contribution >= 0.6 is 0 Å². The molecule has 1 fully saturated rings. The van der Waals surface area contributed by atoms with Crippen LogP contribution < -0.4 is 0 Å². The first kappa shape index (κ1) is 13.7. The Hall–Kier alpha value is -0.330. The van der Waals surface area contributed by atoms with Crippen molar-refractivity contribution in [2.24, 2.45) is 4.99 Å². The van der Waals surface area contributed by atoms with Gasteiger partial charge in [-0.15, -0.1) is 0 Å². The number of aliphatic imine (C=N–C) groups is 1. The maximum atomic E-state index is 4.69. The Bertz CT molecular complexity index is 168. The molecule has 0 spiro atoms. The fourth-order valence-corrected chi connectivity index (χ4v) is 2.47. The van der Waals surface area contributed by atoms with Gasteiger partial charge in [-0.05, 0) is 31.9 Å². The SMILES string of the molecule is CCCCCCCC/C=N/C1CCCCC1. The predicted octanol–water partition coefficient (Wildman–Crippen LogP) is 5.14. The molecule has 0 aromatic carbocycles. The zero-order valence-electron chi connectivity index (χ0n) is 11.1. The number of rotatable bonds is 8. The van der Waals surface area contributed by atoms with Crippen LogP contribution in [-0.4, -0.2) is 12.3 Å². The Labute approximate surface area is 102 Å². The summed E-state index contributed by atoms with van der Waals surface area (Å²) in [5.74, 6) is 0. The third kappa shape index (κ3) is 7.03. The van der Waals surface area contributed by atoms with Crippen molar-refractivity contribution in [3.8, 4) is 0 Å². The van der Waals surface area contributed by atoms with Crippen LogP contribution in [0.15, 0.2) is 4.99 Å². The molecule has 0 aromatic rings. The van der Waals surface area contributed by atoms with E-state index < -0.39 is 0 Å². The number of hydrogen-bond acceptors (Lipinski definition) is 1. The molecule has 0 radical (unpaired) electrons. The molecule has 0 N–H and O–H groups in total. The zero-order chi connectivity index (χ0) is 11.5. The van der Waals surface area contributed by atoms with E-state index in [9.17, 15) is 0 Å². The molecule has 1 saturated carbocycles. The summed E-state index contributed by atoms with van der Waals surface area (Å²) >= 11 is 0. The van der Waals surface area contributed by atoms with E-state index in [1.165, 1.54) is 77.0 Å². The zero-order valence-corrected chi connectivity index (χ0v) is 11.1. The smallest absolute Gasteiger partial charge is 0.0495 e. The lowest BCUT2D eigenvalue weighted by molar-refractivity contribution is 0.443. The minimum Gasteiger partial charge on any atom is -0.294 e. The van der Waals surface area contributed by atoms with Crippen LogP contribution in [0.5, 0.6) is 0 Å². The van der Waals surface area contributed by atoms with Gasteiger partial charge in [0.2, 0.25) is 0 Å². The number of hydrogen-bond donors (Lipinski definition) is 0. The van der Waals surface area contributed by atoms with Gasteiger partial charge in [0.25, 0.3) is 0 Å². The van der Waals surface area contributed by atoms with E-state index in [1.54, 1.807) is 0 Å². The van der Waals surface area contributed by atoms with Gasteiger partial charge in [-0.25, -0.2) is 0 Å². The van der Waals surface area contributed by atoms with Crippen molar-refractivity contribution < 1.29 is 0 Å². The molecule has 16 heavy (non-hydrogen) atoms. The molecule has 0 bridgehead atoms. The Morgan fingerprint density at radius 3 is 2.38 bits per heavy atom. The summed E-state index contributed by atoms with van der Waals surface area (Å²) in [5.41, 5.74) is 0. The van der Waals surface area contributed by atoms with Crippen LogP contribution in [0.25, 0.3) is 0 Å². The standard InChI is InChI=1S/C15H29N/c1-2-3-4-5-6-7-11-14-16-15-12-9-8-10-13-15/h14-15H,2-13H2,1H3/b16-14+. The van der Waals surface area contributed by atoms with E-state index >= 15 is 0 Å². The van der Waals surface area contributed by atoms with Crippen molar-refractivity contribution in [1.29, 1.82) is 0 Å². The molecular formula is C15H29N. The van der Waals surface area contributed by atoms with E-state index in [2.05, 4.69) is 13.1 Å². The Morgan fingerprint density at radius 2 is 1.62 bits per heavy atom. The molecule has 0 aliphatic heterocycles. The van der Waals surface area contributed by atoms with E-state index in [4.69, 9.17) is 4.99 Å². The minimum absolute atomic E-state index is 0.675. The first-order valence-corrected chi connectivity index (χ1v) is 7.45. The van der Waals surface area contributed by atoms with Gasteiger partial charge in [0.05, 0.1) is 0 Å². The molecule has 0 atom stereocenters. The van der Waals surface area contributed by atoms with Gasteiger partial charge in [0.1, 0.15) is 0 Å². The summed E-state index contributed by atoms with van der Waals surface area (Å²) in [5, 5.41) is 0. The van der Waals surface area contributed by atoms with Crippen LogP contribution in [0.1, 0.15) is 84.0 Å². The van der Waals surface area contributed by atoms with Crippen LogP contribution in [-0.2, 0) is 0 Å². The highest BCUT2D eigenvalue weighted by atomic mass is 14.8. The fraction of sp³-hybridized carbons (Fsp3) is 0.933. The topological polar surface area (TPSA) is 12.4 Å². The lowest BCUT2D eigenvalue weighted by Gasteiger charge is -2.17. The van der Waals surface area contributed by atoms with E-state index in [1.807, 2.05) is 0 Å². The maximum Gasteiger partial charge on any atom is 0.0495 e. The Balaban J connectivity index is 1.87. The van der Waals surface area contributed by atoms with Gasteiger partial charge in [-0.3, -0.25) is 4.99 Å². The quantitative estimate of drug-likeness (QED) is 0.399. The van der Waals surface area contributed by atoms with Gasteiger partial charge < -0.3 is 0 Å². The maximum absolute atomic E-state index is 4.69. The molecule has 1 aliphatic carbocycles. The molecule has 0 heterocycles. The molecular weight excluding hydrogens is 194 g/mol. The summed E-state index contributed by atoms with van der Waals surface area (Å²) in [6.45, 7) is 2.27. The highest BCUT2D eigenvalue weighted by molar-refractivity contribution is 5.57. The molecule has 0 unspecified atom stereocenters. The van der Waals surface area contributed by atoms with Crippen molar-refractivity contribution in [2.75, 3.05) is 0 Å². The van der Waals surface area contributed by atoms with Crippen LogP contribution in [0.2, 0.25) is 0 Å². The second-order valence-electron chi connectivity index (χ2n) is 5.18. The molecule has 0 amide bonds. The van der Waals surface area contributed by atoms with E-state index in [0.717, 1.165) is 0 Å². The first-order valence-electron chi connectivity index (χ1n) is 7.45. The molecule has 0 aromatic heterocycles. The monoisotopic (exact) mass is 223 g/mol. The molecule has 1 rings (SSSR count). The average molecular weight is 223 g/mol. The molecule has 1 nitrogen and oxygen atoms in total. The molecule has 1 heteroatoms. The third-order valence-electron chi connectivity index (χ3n) is 3.58. The second kappa shape index (κ2) is 9.86. The van der Waals surface area contributed by atoms with Gasteiger partial charge >= 0.3 is 0 Å². The van der Waals surface area contributed by atoms with Gasteiger partial charge in [0, 0.05) is 6.04 Å². The van der Waals surface area contributed by atoms with Crippen molar-refractivity contribution >= 4 is 6.21 Å². The minimum atomic E-state index is 0.675. The average Bonchev–Trinajstić information content (AvgIpc) is 2.34. The van der Waals surface area contributed by atoms with Crippen LogP contribution in [0.4, 0.5) is 0 Å². The molecule has 0 saturated heterocycles. The summed E-state index contributed by atoms with van der Waals surface area (Å²) in [4.78, 5) is 4.69. The van der Waals surface area contributed by atoms with E-state index in [0.29, 0.717) is 6.04 Å². The van der Waals surface area contributed by atoms with Crippen LogP contribution in [0.3, 0.4) is 0 Å². The largest absolute Gasteiger partial charge is 0.294 e. The summed E-state index contributed by atoms with van der Waals surface area (Å²) in [7, 11) is 0. The lowest BCUT2D eigenvalue weighted by atomic mass is 9.96. The number of unbranched alkanes of at least 4 members (excludes halogenated alkanes) is 6. The van der Waals surface area contributed by atoms with Crippen molar-refractivity contribution in [3.05, 3.63) is 0 Å². The van der Waals surface area contributed by atoms with Crippen molar-refractivity contribution in [2.45, 2.75) is 90.0 Å². The summed E-state index contributed by atoms with van der Waals surface area (Å²) in [6, 6.07) is 0.675. The van der Waals surface area contributed by atoms with Gasteiger partial charge in [-0.2, -0.15) is 0 Å². The fourth-order valence-electron chi connectivity index (χ4n) is 2.47. The molecule has 1 aliphatic rings. The lowest BCUT2D eigenvalue weighted by Crippen LogP contribution is -2.09. The second-order valence-corrected chi connectivity index (χ2v) is 5.18. The first-order chi connectivity index (χ1) is 7.93. The van der Waals surface area contributed by atoms with Crippen molar-refractivity contribution in [3.63, 3.8) is 0 Å². The third-order valence-corrected chi connectivity index (χ3v) is 3.58. The van der Waals surface area contributed by atoms with Gasteiger partial charge in [-0.1, -0.05) is 58.3 Å². The van der Waals surface area contributed by atoms with E-state index in [-0.39, 0.29) is 0 Å². The summed E-state index contributed by atoms with van der Waals surface area (Å²) < 4.78 is 0. The normalized spacial score (nSPS) is 18.3. The number of nitrogens with zero attached hydrogens (tertiary/aromatic N) is 1. The highest BCUT2D eigenvalue weighted by Crippen LogP contribution is 2.19. The highest BCUT2D eigenvalue weighted by Gasteiger charge is 2.10.